The van der Waals surface area contributed by atoms with E-state index in [1.807, 2.05) is 0 Å². The molecule has 0 fully saturated rings. The van der Waals surface area contributed by atoms with Crippen LogP contribution in [-0.2, 0) is 10.0 Å². The Balaban J connectivity index is 2.41. The van der Waals surface area contributed by atoms with Crippen molar-refractivity contribution in [2.75, 3.05) is 4.72 Å². The fraction of sp³-hybridized carbons (Fsp3) is 0. The number of hydrogen-bond donors (Lipinski definition) is 2. The van der Waals surface area contributed by atoms with Crippen molar-refractivity contribution in [2.45, 2.75) is 4.90 Å². The summed E-state index contributed by atoms with van der Waals surface area (Å²) in [4.78, 5) is 4.00. The maximum atomic E-state index is 12.3. The molecule has 0 amide bonds. The van der Waals surface area contributed by atoms with E-state index in [9.17, 15) is 8.42 Å². The lowest BCUT2D eigenvalue weighted by Gasteiger charge is -2.11. The molecule has 0 radical (unpaired) electrons. The van der Waals surface area contributed by atoms with Crippen LogP contribution >= 0.6 is 28.1 Å². The summed E-state index contributed by atoms with van der Waals surface area (Å²) in [6, 6.07) is 8.13. The summed E-state index contributed by atoms with van der Waals surface area (Å²) in [6.45, 7) is 0. The van der Waals surface area contributed by atoms with Gasteiger partial charge in [-0.25, -0.2) is 8.42 Å². The minimum absolute atomic E-state index is 0.0459. The van der Waals surface area contributed by atoms with Gasteiger partial charge < -0.3 is 5.73 Å². The van der Waals surface area contributed by atoms with Gasteiger partial charge in [-0.15, -0.1) is 0 Å². The van der Waals surface area contributed by atoms with Crippen molar-refractivity contribution in [1.82, 2.24) is 4.98 Å². The number of nitrogens with one attached hydrogen (secondary N) is 1. The first-order chi connectivity index (χ1) is 9.40. The predicted molar refractivity (Wildman–Crippen MR) is 85.1 cm³/mol. The molecule has 1 aromatic carbocycles. The predicted octanol–water partition coefficient (Wildman–Crippen LogP) is 2.28. The Morgan fingerprint density at radius 1 is 1.30 bits per heavy atom. The highest BCUT2D eigenvalue weighted by Gasteiger charge is 2.17. The van der Waals surface area contributed by atoms with Gasteiger partial charge in [0.25, 0.3) is 10.0 Å². The lowest BCUT2D eigenvalue weighted by molar-refractivity contribution is 0.600. The Morgan fingerprint density at radius 3 is 2.65 bits per heavy atom. The molecule has 1 aromatic heterocycles. The highest BCUT2D eigenvalue weighted by Crippen LogP contribution is 2.21. The van der Waals surface area contributed by atoms with Crippen LogP contribution in [0.25, 0.3) is 0 Å². The van der Waals surface area contributed by atoms with Gasteiger partial charge in [-0.3, -0.25) is 9.71 Å². The van der Waals surface area contributed by atoms with Gasteiger partial charge in [0.15, 0.2) is 0 Å². The molecular weight excluding hydrogens is 362 g/mol. The quantitative estimate of drug-likeness (QED) is 0.805. The van der Waals surface area contributed by atoms with Crippen LogP contribution < -0.4 is 10.5 Å². The summed E-state index contributed by atoms with van der Waals surface area (Å²) in [7, 11) is -3.75. The number of benzene rings is 1. The van der Waals surface area contributed by atoms with Gasteiger partial charge in [0.2, 0.25) is 0 Å². The molecule has 0 atom stereocenters. The first-order valence-electron chi connectivity index (χ1n) is 5.42. The SMILES string of the molecule is NC(=S)c1ccccc1NS(=O)(=O)c1cncc(Br)c1. The number of sulfonamides is 1. The fourth-order valence-electron chi connectivity index (χ4n) is 1.53. The summed E-state index contributed by atoms with van der Waals surface area (Å²) < 4.78 is 27.6. The summed E-state index contributed by atoms with van der Waals surface area (Å²) in [5.41, 5.74) is 6.37. The van der Waals surface area contributed by atoms with E-state index in [2.05, 4.69) is 25.6 Å². The van der Waals surface area contributed by atoms with Gasteiger partial charge in [-0.05, 0) is 34.1 Å². The minimum atomic E-state index is -3.75. The summed E-state index contributed by atoms with van der Waals surface area (Å²) >= 11 is 8.08. The Kier molecular flexibility index (Phi) is 4.36. The van der Waals surface area contributed by atoms with Crippen LogP contribution in [0.5, 0.6) is 0 Å². The topological polar surface area (TPSA) is 85.1 Å². The van der Waals surface area contributed by atoms with Gasteiger partial charge in [0.1, 0.15) is 9.88 Å². The van der Waals surface area contributed by atoms with E-state index >= 15 is 0 Å². The zero-order valence-electron chi connectivity index (χ0n) is 10.1. The highest BCUT2D eigenvalue weighted by molar-refractivity contribution is 9.10. The van der Waals surface area contributed by atoms with Gasteiger partial charge in [0, 0.05) is 22.4 Å². The third-order valence-corrected chi connectivity index (χ3v) is 4.41. The smallest absolute Gasteiger partial charge is 0.263 e. The number of nitrogens with zero attached hydrogens (tertiary/aromatic N) is 1. The van der Waals surface area contributed by atoms with Gasteiger partial charge in [0.05, 0.1) is 5.69 Å². The number of halogens is 1. The van der Waals surface area contributed by atoms with Crippen LogP contribution in [0.3, 0.4) is 0 Å². The fourth-order valence-corrected chi connectivity index (χ4v) is 3.29. The van der Waals surface area contributed by atoms with Crippen molar-refractivity contribution >= 4 is 48.8 Å². The van der Waals surface area contributed by atoms with E-state index in [1.165, 1.54) is 18.5 Å². The molecule has 0 unspecified atom stereocenters. The molecule has 2 aromatic rings. The number of nitrogens with two attached hydrogens (primary N) is 1. The van der Waals surface area contributed by atoms with Crippen LogP contribution in [-0.4, -0.2) is 18.4 Å². The minimum Gasteiger partial charge on any atom is -0.389 e. The van der Waals surface area contributed by atoms with Crippen LogP contribution in [0.4, 0.5) is 5.69 Å². The third kappa shape index (κ3) is 3.33. The Labute approximate surface area is 130 Å². The van der Waals surface area contributed by atoms with E-state index in [1.54, 1.807) is 24.3 Å². The van der Waals surface area contributed by atoms with Crippen molar-refractivity contribution in [3.05, 3.63) is 52.8 Å². The molecule has 1 heterocycles. The van der Waals surface area contributed by atoms with Crippen molar-refractivity contribution in [2.24, 2.45) is 5.73 Å². The van der Waals surface area contributed by atoms with E-state index < -0.39 is 10.0 Å². The van der Waals surface area contributed by atoms with Crippen molar-refractivity contribution < 1.29 is 8.42 Å². The van der Waals surface area contributed by atoms with E-state index in [0.29, 0.717) is 15.7 Å². The molecule has 0 saturated heterocycles. The van der Waals surface area contributed by atoms with Gasteiger partial charge >= 0.3 is 0 Å². The maximum absolute atomic E-state index is 12.3. The van der Waals surface area contributed by atoms with E-state index in [0.717, 1.165) is 0 Å². The molecule has 0 aliphatic carbocycles. The number of para-hydroxylation sites is 1. The summed E-state index contributed by atoms with van der Waals surface area (Å²) in [6.07, 6.45) is 2.76. The molecule has 0 aliphatic heterocycles. The normalized spacial score (nSPS) is 11.1. The summed E-state index contributed by atoms with van der Waals surface area (Å²) in [5, 5.41) is 0. The molecule has 3 N–H and O–H groups in total. The molecule has 5 nitrogen and oxygen atoms in total. The number of rotatable bonds is 4. The second-order valence-electron chi connectivity index (χ2n) is 3.85. The molecule has 2 rings (SSSR count). The first-order valence-corrected chi connectivity index (χ1v) is 8.11. The van der Waals surface area contributed by atoms with Crippen molar-refractivity contribution in [1.29, 1.82) is 0 Å². The number of aromatic nitrogens is 1. The standard InChI is InChI=1S/C12H10BrN3O2S2/c13-8-5-9(7-15-6-8)20(17,18)16-11-4-2-1-3-10(11)12(14)19/h1-7,16H,(H2,14,19). The van der Waals surface area contributed by atoms with Crippen LogP contribution in [0.1, 0.15) is 5.56 Å². The molecule has 104 valence electrons. The Bertz CT molecular complexity index is 763. The van der Waals surface area contributed by atoms with Crippen molar-refractivity contribution in [3.63, 3.8) is 0 Å². The van der Waals surface area contributed by atoms with E-state index in [-0.39, 0.29) is 9.88 Å². The summed E-state index contributed by atoms with van der Waals surface area (Å²) in [5.74, 6) is 0. The van der Waals surface area contributed by atoms with Gasteiger partial charge in [-0.1, -0.05) is 24.4 Å². The molecule has 0 bridgehead atoms. The highest BCUT2D eigenvalue weighted by atomic mass is 79.9. The zero-order chi connectivity index (χ0) is 14.8. The lowest BCUT2D eigenvalue weighted by Crippen LogP contribution is -2.18. The largest absolute Gasteiger partial charge is 0.389 e. The van der Waals surface area contributed by atoms with Crippen molar-refractivity contribution in [3.8, 4) is 0 Å². The Hall–Kier alpha value is -1.51. The number of anilines is 1. The second-order valence-corrected chi connectivity index (χ2v) is 6.89. The zero-order valence-corrected chi connectivity index (χ0v) is 13.3. The second kappa shape index (κ2) is 5.86. The molecule has 0 saturated carbocycles. The number of hydrogen-bond acceptors (Lipinski definition) is 4. The maximum Gasteiger partial charge on any atom is 0.263 e. The van der Waals surface area contributed by atoms with Crippen LogP contribution in [0.2, 0.25) is 0 Å². The average Bonchev–Trinajstić information content (AvgIpc) is 2.38. The van der Waals surface area contributed by atoms with Crippen LogP contribution in [0.15, 0.2) is 52.1 Å². The monoisotopic (exact) mass is 371 g/mol. The first kappa shape index (κ1) is 14.9. The molecule has 0 spiro atoms. The van der Waals surface area contributed by atoms with Gasteiger partial charge in [-0.2, -0.15) is 0 Å². The third-order valence-electron chi connectivity index (χ3n) is 2.43. The van der Waals surface area contributed by atoms with E-state index in [4.69, 9.17) is 18.0 Å². The average molecular weight is 372 g/mol. The molecule has 0 aliphatic rings. The molecular formula is C12H10BrN3O2S2. The van der Waals surface area contributed by atoms with Crippen LogP contribution in [0, 0.1) is 0 Å². The number of pyridine rings is 1. The molecule has 8 heteroatoms. The number of thiocarbonyl (C=S) groups is 1. The molecule has 20 heavy (non-hydrogen) atoms. The Morgan fingerprint density at radius 2 is 2.00 bits per heavy atom. The lowest BCUT2D eigenvalue weighted by atomic mass is 10.2.